The molecule has 4 aromatic rings. The molecule has 0 unspecified atom stereocenters. The predicted octanol–water partition coefficient (Wildman–Crippen LogP) is 5.21. The van der Waals surface area contributed by atoms with Crippen molar-refractivity contribution < 1.29 is 14.3 Å². The van der Waals surface area contributed by atoms with Gasteiger partial charge in [-0.15, -0.1) is 0 Å². The van der Waals surface area contributed by atoms with Gasteiger partial charge < -0.3 is 20.1 Å². The molecule has 7 nitrogen and oxygen atoms in total. The predicted molar refractivity (Wildman–Crippen MR) is 126 cm³/mol. The Morgan fingerprint density at radius 1 is 0.818 bits per heavy atom. The van der Waals surface area contributed by atoms with Gasteiger partial charge in [-0.3, -0.25) is 4.79 Å². The Kier molecular flexibility index (Phi) is 5.43. The van der Waals surface area contributed by atoms with E-state index in [0.717, 1.165) is 17.0 Å². The monoisotopic (exact) mass is 436 g/mol. The SMILES string of the molecule is Nc1ncnc(Oc2cccc(N3CC=CC3=O)c2)c1-c1ccc(Oc2ccccc2)cc1. The lowest BCUT2D eigenvalue weighted by Gasteiger charge is -2.17. The zero-order valence-electron chi connectivity index (χ0n) is 17.6. The van der Waals surface area contributed by atoms with Crippen molar-refractivity contribution >= 4 is 17.4 Å². The van der Waals surface area contributed by atoms with E-state index in [9.17, 15) is 4.79 Å². The normalized spacial score (nSPS) is 12.7. The van der Waals surface area contributed by atoms with Gasteiger partial charge in [0.05, 0.1) is 5.56 Å². The molecule has 0 radical (unpaired) electrons. The Morgan fingerprint density at radius 3 is 2.33 bits per heavy atom. The average molecular weight is 436 g/mol. The zero-order chi connectivity index (χ0) is 22.6. The van der Waals surface area contributed by atoms with Gasteiger partial charge in [0.25, 0.3) is 5.91 Å². The van der Waals surface area contributed by atoms with Crippen LogP contribution in [0.2, 0.25) is 0 Å². The van der Waals surface area contributed by atoms with Gasteiger partial charge in [0.2, 0.25) is 5.88 Å². The van der Waals surface area contributed by atoms with Gasteiger partial charge >= 0.3 is 0 Å². The third-order valence-electron chi connectivity index (χ3n) is 5.12. The Bertz CT molecular complexity index is 1320. The van der Waals surface area contributed by atoms with Crippen LogP contribution in [0, 0.1) is 0 Å². The number of rotatable bonds is 6. The molecule has 0 spiro atoms. The molecule has 33 heavy (non-hydrogen) atoms. The highest BCUT2D eigenvalue weighted by Crippen LogP contribution is 2.37. The highest BCUT2D eigenvalue weighted by molar-refractivity contribution is 6.04. The van der Waals surface area contributed by atoms with E-state index in [4.69, 9.17) is 15.2 Å². The quantitative estimate of drug-likeness (QED) is 0.446. The summed E-state index contributed by atoms with van der Waals surface area (Å²) in [5.41, 5.74) is 8.30. The largest absolute Gasteiger partial charge is 0.457 e. The molecule has 7 heteroatoms. The second-order valence-corrected chi connectivity index (χ2v) is 7.33. The Labute approximate surface area is 190 Å². The maximum Gasteiger partial charge on any atom is 0.251 e. The molecule has 1 aliphatic rings. The Balaban J connectivity index is 1.41. The van der Waals surface area contributed by atoms with Crippen LogP contribution < -0.4 is 20.1 Å². The molecule has 1 amide bonds. The van der Waals surface area contributed by atoms with Crippen molar-refractivity contribution in [3.05, 3.63) is 97.3 Å². The van der Waals surface area contributed by atoms with Crippen LogP contribution in [0.4, 0.5) is 11.5 Å². The molecule has 0 saturated carbocycles. The van der Waals surface area contributed by atoms with E-state index in [2.05, 4.69) is 9.97 Å². The number of carbonyl (C=O) groups is 1. The molecule has 2 N–H and O–H groups in total. The van der Waals surface area contributed by atoms with Crippen molar-refractivity contribution in [2.24, 2.45) is 0 Å². The summed E-state index contributed by atoms with van der Waals surface area (Å²) >= 11 is 0. The lowest BCUT2D eigenvalue weighted by atomic mass is 10.1. The van der Waals surface area contributed by atoms with E-state index in [1.165, 1.54) is 6.33 Å². The van der Waals surface area contributed by atoms with Crippen molar-refractivity contribution in [2.75, 3.05) is 17.2 Å². The summed E-state index contributed by atoms with van der Waals surface area (Å²) in [5, 5.41) is 0. The molecule has 3 aromatic carbocycles. The summed E-state index contributed by atoms with van der Waals surface area (Å²) in [6.45, 7) is 0.533. The van der Waals surface area contributed by atoms with Crippen molar-refractivity contribution in [1.29, 1.82) is 0 Å². The highest BCUT2D eigenvalue weighted by atomic mass is 16.5. The van der Waals surface area contributed by atoms with Gasteiger partial charge in [-0.05, 0) is 42.0 Å². The summed E-state index contributed by atoms with van der Waals surface area (Å²) < 4.78 is 12.0. The average Bonchev–Trinajstić information content (AvgIpc) is 3.27. The molecule has 0 fully saturated rings. The number of hydrogen-bond acceptors (Lipinski definition) is 6. The van der Waals surface area contributed by atoms with Crippen molar-refractivity contribution in [2.45, 2.75) is 0 Å². The number of nitrogen functional groups attached to an aromatic ring is 1. The molecule has 0 saturated heterocycles. The van der Waals surface area contributed by atoms with Crippen molar-refractivity contribution in [3.8, 4) is 34.3 Å². The molecule has 0 aliphatic carbocycles. The van der Waals surface area contributed by atoms with Crippen LogP contribution in [-0.2, 0) is 4.79 Å². The van der Waals surface area contributed by atoms with Crippen LogP contribution in [0.15, 0.2) is 97.3 Å². The van der Waals surface area contributed by atoms with E-state index in [0.29, 0.717) is 35.3 Å². The lowest BCUT2D eigenvalue weighted by molar-refractivity contribution is -0.113. The van der Waals surface area contributed by atoms with Crippen LogP contribution in [0.25, 0.3) is 11.1 Å². The van der Waals surface area contributed by atoms with Crippen LogP contribution in [0.5, 0.6) is 23.1 Å². The number of nitrogens with two attached hydrogens (primary N) is 1. The summed E-state index contributed by atoms with van der Waals surface area (Å²) in [6, 6.07) is 24.3. The molecule has 1 aliphatic heterocycles. The first-order chi connectivity index (χ1) is 16.2. The standard InChI is InChI=1S/C26H20N4O3/c27-25-24(18-11-13-21(14-12-18)32-20-7-2-1-3-8-20)26(29-17-28-25)33-22-9-4-6-19(16-22)30-15-5-10-23(30)31/h1-14,16-17H,15H2,(H2,27,28,29). The van der Waals surface area contributed by atoms with Gasteiger partial charge in [0.15, 0.2) is 0 Å². The molecular formula is C26H20N4O3. The molecule has 1 aromatic heterocycles. The number of carbonyl (C=O) groups excluding carboxylic acids is 1. The maximum absolute atomic E-state index is 12.0. The summed E-state index contributed by atoms with van der Waals surface area (Å²) in [5.74, 6) is 2.55. The molecule has 0 bridgehead atoms. The van der Waals surface area contributed by atoms with Gasteiger partial charge in [0.1, 0.15) is 29.4 Å². The van der Waals surface area contributed by atoms with E-state index in [1.54, 1.807) is 23.1 Å². The molecule has 5 rings (SSSR count). The number of hydrogen-bond donors (Lipinski definition) is 1. The lowest BCUT2D eigenvalue weighted by Crippen LogP contribution is -2.24. The van der Waals surface area contributed by atoms with Gasteiger partial charge in [-0.25, -0.2) is 9.97 Å². The molecule has 162 valence electrons. The third kappa shape index (κ3) is 4.38. The van der Waals surface area contributed by atoms with Crippen LogP contribution in [0.1, 0.15) is 0 Å². The fourth-order valence-electron chi connectivity index (χ4n) is 3.54. The van der Waals surface area contributed by atoms with E-state index < -0.39 is 0 Å². The van der Waals surface area contributed by atoms with E-state index in [1.807, 2.05) is 72.8 Å². The van der Waals surface area contributed by atoms with Gasteiger partial charge in [-0.2, -0.15) is 0 Å². The first-order valence-corrected chi connectivity index (χ1v) is 10.4. The number of nitrogens with zero attached hydrogens (tertiary/aromatic N) is 3. The number of benzene rings is 3. The highest BCUT2D eigenvalue weighted by Gasteiger charge is 2.18. The van der Waals surface area contributed by atoms with E-state index >= 15 is 0 Å². The van der Waals surface area contributed by atoms with Crippen molar-refractivity contribution in [1.82, 2.24) is 9.97 Å². The Hall–Kier alpha value is -4.65. The summed E-state index contributed by atoms with van der Waals surface area (Å²) in [7, 11) is 0. The molecule has 0 atom stereocenters. The maximum atomic E-state index is 12.0. The molecular weight excluding hydrogens is 416 g/mol. The second-order valence-electron chi connectivity index (χ2n) is 7.33. The minimum atomic E-state index is -0.0584. The number of aromatic nitrogens is 2. The summed E-state index contributed by atoms with van der Waals surface area (Å²) in [6.07, 6.45) is 4.74. The summed E-state index contributed by atoms with van der Waals surface area (Å²) in [4.78, 5) is 22.1. The zero-order valence-corrected chi connectivity index (χ0v) is 17.6. The third-order valence-corrected chi connectivity index (χ3v) is 5.12. The fourth-order valence-corrected chi connectivity index (χ4v) is 3.54. The second kappa shape index (κ2) is 8.84. The van der Waals surface area contributed by atoms with Crippen LogP contribution in [-0.4, -0.2) is 22.4 Å². The van der Waals surface area contributed by atoms with Crippen molar-refractivity contribution in [3.63, 3.8) is 0 Å². The number of amides is 1. The first kappa shape index (κ1) is 20.3. The topological polar surface area (TPSA) is 90.6 Å². The van der Waals surface area contributed by atoms with Gasteiger partial charge in [0, 0.05) is 24.4 Å². The molecule has 2 heterocycles. The minimum absolute atomic E-state index is 0.0584. The Morgan fingerprint density at radius 2 is 1.58 bits per heavy atom. The number of ether oxygens (including phenoxy) is 2. The van der Waals surface area contributed by atoms with Gasteiger partial charge in [-0.1, -0.05) is 42.5 Å². The van der Waals surface area contributed by atoms with E-state index in [-0.39, 0.29) is 5.91 Å². The van der Waals surface area contributed by atoms with Crippen LogP contribution in [0.3, 0.4) is 0 Å². The smallest absolute Gasteiger partial charge is 0.251 e. The number of para-hydroxylation sites is 1. The number of anilines is 2. The fraction of sp³-hybridized carbons (Fsp3) is 0.0385. The minimum Gasteiger partial charge on any atom is -0.457 e. The van der Waals surface area contributed by atoms with Crippen LogP contribution >= 0.6 is 0 Å². The first-order valence-electron chi connectivity index (χ1n) is 10.4.